The van der Waals surface area contributed by atoms with Gasteiger partial charge in [0.15, 0.2) is 0 Å². The average Bonchev–Trinajstić information content (AvgIpc) is 2.41. The van der Waals surface area contributed by atoms with Crippen LogP contribution in [0.15, 0.2) is 18.2 Å². The standard InChI is InChI=1S/C18H26O5/c1-12(2)11-22-15-8-6-13(7-9-16(19)20)10-14(15)17(21)23-18(3,4)5/h6,8,10,12H,7,9,11H2,1-5H3,(H,19,20). The van der Waals surface area contributed by atoms with Crippen LogP contribution in [0.2, 0.25) is 0 Å². The van der Waals surface area contributed by atoms with E-state index in [9.17, 15) is 9.59 Å². The molecule has 0 atom stereocenters. The van der Waals surface area contributed by atoms with E-state index >= 15 is 0 Å². The number of aryl methyl sites for hydroxylation is 1. The van der Waals surface area contributed by atoms with Gasteiger partial charge in [-0.1, -0.05) is 19.9 Å². The molecule has 128 valence electrons. The number of carbonyl (C=O) groups is 2. The SMILES string of the molecule is CC(C)COc1ccc(CCC(=O)O)cc1C(=O)OC(C)(C)C. The fourth-order valence-electron chi connectivity index (χ4n) is 1.86. The van der Waals surface area contributed by atoms with Gasteiger partial charge in [-0.25, -0.2) is 4.79 Å². The summed E-state index contributed by atoms with van der Waals surface area (Å²) in [5.74, 6) is -0.544. The highest BCUT2D eigenvalue weighted by Gasteiger charge is 2.22. The molecule has 0 fully saturated rings. The lowest BCUT2D eigenvalue weighted by molar-refractivity contribution is -0.136. The highest BCUT2D eigenvalue weighted by Crippen LogP contribution is 2.24. The summed E-state index contributed by atoms with van der Waals surface area (Å²) in [6, 6.07) is 5.15. The van der Waals surface area contributed by atoms with Crippen LogP contribution in [0.4, 0.5) is 0 Å². The van der Waals surface area contributed by atoms with Crippen molar-refractivity contribution in [1.82, 2.24) is 0 Å². The number of carboxylic acid groups (broad SMARTS) is 1. The van der Waals surface area contributed by atoms with Crippen LogP contribution in [0.25, 0.3) is 0 Å². The predicted molar refractivity (Wildman–Crippen MR) is 87.9 cm³/mol. The van der Waals surface area contributed by atoms with Crippen LogP contribution >= 0.6 is 0 Å². The fraction of sp³-hybridized carbons (Fsp3) is 0.556. The van der Waals surface area contributed by atoms with Gasteiger partial charge in [0.2, 0.25) is 0 Å². The second-order valence-corrected chi connectivity index (χ2v) is 6.93. The van der Waals surface area contributed by atoms with Crippen molar-refractivity contribution < 1.29 is 24.2 Å². The van der Waals surface area contributed by atoms with Crippen molar-refractivity contribution in [3.05, 3.63) is 29.3 Å². The summed E-state index contributed by atoms with van der Waals surface area (Å²) in [7, 11) is 0. The third-order valence-electron chi connectivity index (χ3n) is 2.86. The van der Waals surface area contributed by atoms with Gasteiger partial charge in [0.1, 0.15) is 16.9 Å². The molecule has 0 bridgehead atoms. The Balaban J connectivity index is 3.04. The lowest BCUT2D eigenvalue weighted by Crippen LogP contribution is -2.24. The van der Waals surface area contributed by atoms with Crippen LogP contribution in [0.3, 0.4) is 0 Å². The van der Waals surface area contributed by atoms with E-state index in [0.29, 0.717) is 30.3 Å². The summed E-state index contributed by atoms with van der Waals surface area (Å²) >= 11 is 0. The molecular formula is C18H26O5. The van der Waals surface area contributed by atoms with Crippen molar-refractivity contribution in [2.24, 2.45) is 5.92 Å². The Labute approximate surface area is 137 Å². The lowest BCUT2D eigenvalue weighted by atomic mass is 10.0. The highest BCUT2D eigenvalue weighted by molar-refractivity contribution is 5.93. The molecule has 0 aromatic heterocycles. The van der Waals surface area contributed by atoms with Gasteiger partial charge in [0.25, 0.3) is 0 Å². The topological polar surface area (TPSA) is 72.8 Å². The number of rotatable bonds is 7. The Morgan fingerprint density at radius 3 is 2.39 bits per heavy atom. The van der Waals surface area contributed by atoms with E-state index in [-0.39, 0.29) is 6.42 Å². The Bertz CT molecular complexity index is 555. The predicted octanol–water partition coefficient (Wildman–Crippen LogP) is 3.69. The number of hydrogen-bond donors (Lipinski definition) is 1. The summed E-state index contributed by atoms with van der Waals surface area (Å²) < 4.78 is 11.1. The molecule has 1 N–H and O–H groups in total. The Morgan fingerprint density at radius 1 is 1.22 bits per heavy atom. The molecule has 0 heterocycles. The van der Waals surface area contributed by atoms with Gasteiger partial charge in [0, 0.05) is 6.42 Å². The van der Waals surface area contributed by atoms with Crippen LogP contribution < -0.4 is 4.74 Å². The third-order valence-corrected chi connectivity index (χ3v) is 2.86. The molecule has 1 aromatic carbocycles. The van der Waals surface area contributed by atoms with Gasteiger partial charge >= 0.3 is 11.9 Å². The van der Waals surface area contributed by atoms with Crippen LogP contribution in [-0.4, -0.2) is 29.3 Å². The summed E-state index contributed by atoms with van der Waals surface area (Å²) in [5.41, 5.74) is 0.498. The molecule has 0 radical (unpaired) electrons. The normalized spacial score (nSPS) is 11.4. The summed E-state index contributed by atoms with van der Waals surface area (Å²) in [6.45, 7) is 9.93. The van der Waals surface area contributed by atoms with Crippen LogP contribution in [0, 0.1) is 5.92 Å². The zero-order chi connectivity index (χ0) is 17.6. The molecule has 5 heteroatoms. The summed E-state index contributed by atoms with van der Waals surface area (Å²) in [4.78, 5) is 23.1. The maximum atomic E-state index is 12.4. The molecule has 0 spiro atoms. The van der Waals surface area contributed by atoms with E-state index in [4.69, 9.17) is 14.6 Å². The smallest absolute Gasteiger partial charge is 0.342 e. The number of hydrogen-bond acceptors (Lipinski definition) is 4. The van der Waals surface area contributed by atoms with E-state index in [0.717, 1.165) is 5.56 Å². The number of carboxylic acids is 1. The Hall–Kier alpha value is -2.04. The summed E-state index contributed by atoms with van der Waals surface area (Å²) in [5, 5.41) is 8.79. The van der Waals surface area contributed by atoms with E-state index in [1.54, 1.807) is 39.0 Å². The lowest BCUT2D eigenvalue weighted by Gasteiger charge is -2.21. The van der Waals surface area contributed by atoms with Crippen molar-refractivity contribution >= 4 is 11.9 Å². The quantitative estimate of drug-likeness (QED) is 0.775. The summed E-state index contributed by atoms with van der Waals surface area (Å²) in [6.07, 6.45) is 0.371. The van der Waals surface area contributed by atoms with Crippen LogP contribution in [-0.2, 0) is 16.0 Å². The minimum absolute atomic E-state index is 0.0138. The number of aliphatic carboxylic acids is 1. The molecule has 1 rings (SSSR count). The molecule has 0 aliphatic rings. The Morgan fingerprint density at radius 2 is 1.87 bits per heavy atom. The first kappa shape index (κ1) is 19.0. The molecule has 0 aliphatic heterocycles. The molecule has 0 saturated heterocycles. The first-order valence-electron chi connectivity index (χ1n) is 7.79. The van der Waals surface area contributed by atoms with Gasteiger partial charge in [0.05, 0.1) is 6.61 Å². The van der Waals surface area contributed by atoms with Crippen molar-refractivity contribution in [2.75, 3.05) is 6.61 Å². The first-order valence-corrected chi connectivity index (χ1v) is 7.79. The number of esters is 1. The van der Waals surface area contributed by atoms with E-state index in [1.165, 1.54) is 0 Å². The molecular weight excluding hydrogens is 296 g/mol. The molecule has 5 nitrogen and oxygen atoms in total. The second kappa shape index (κ2) is 7.99. The van der Waals surface area contributed by atoms with Gasteiger partial charge in [-0.05, 0) is 50.8 Å². The minimum Gasteiger partial charge on any atom is -0.492 e. The largest absolute Gasteiger partial charge is 0.492 e. The zero-order valence-corrected chi connectivity index (χ0v) is 14.5. The van der Waals surface area contributed by atoms with E-state index in [2.05, 4.69) is 0 Å². The average molecular weight is 322 g/mol. The van der Waals surface area contributed by atoms with E-state index in [1.807, 2.05) is 13.8 Å². The first-order chi connectivity index (χ1) is 10.6. The van der Waals surface area contributed by atoms with Crippen LogP contribution in [0.1, 0.15) is 57.0 Å². The monoisotopic (exact) mass is 322 g/mol. The number of benzene rings is 1. The molecule has 23 heavy (non-hydrogen) atoms. The second-order valence-electron chi connectivity index (χ2n) is 6.93. The molecule has 0 aliphatic carbocycles. The zero-order valence-electron chi connectivity index (χ0n) is 14.5. The molecule has 0 saturated carbocycles. The molecule has 1 aromatic rings. The molecule has 0 amide bonds. The third kappa shape index (κ3) is 7.17. The number of ether oxygens (including phenoxy) is 2. The van der Waals surface area contributed by atoms with Gasteiger partial charge in [-0.15, -0.1) is 0 Å². The fourth-order valence-corrected chi connectivity index (χ4v) is 1.86. The number of carbonyl (C=O) groups excluding carboxylic acids is 1. The van der Waals surface area contributed by atoms with Gasteiger partial charge in [-0.3, -0.25) is 4.79 Å². The maximum absolute atomic E-state index is 12.4. The van der Waals surface area contributed by atoms with Gasteiger partial charge in [-0.2, -0.15) is 0 Å². The van der Waals surface area contributed by atoms with Crippen molar-refractivity contribution in [2.45, 2.75) is 53.1 Å². The molecule has 0 unspecified atom stereocenters. The minimum atomic E-state index is -0.871. The van der Waals surface area contributed by atoms with Crippen molar-refractivity contribution in [3.63, 3.8) is 0 Å². The van der Waals surface area contributed by atoms with Crippen molar-refractivity contribution in [3.8, 4) is 5.75 Å². The van der Waals surface area contributed by atoms with Crippen molar-refractivity contribution in [1.29, 1.82) is 0 Å². The highest BCUT2D eigenvalue weighted by atomic mass is 16.6. The van der Waals surface area contributed by atoms with E-state index < -0.39 is 17.5 Å². The Kier molecular flexibility index (Phi) is 6.61. The maximum Gasteiger partial charge on any atom is 0.342 e. The van der Waals surface area contributed by atoms with Gasteiger partial charge < -0.3 is 14.6 Å². The van der Waals surface area contributed by atoms with Crippen LogP contribution in [0.5, 0.6) is 5.75 Å².